The lowest BCUT2D eigenvalue weighted by Gasteiger charge is -2.25. The maximum absolute atomic E-state index is 6.28. The normalized spacial score (nSPS) is 19.2. The molecular weight excluding hydrogens is 248 g/mol. The molecule has 0 spiro atoms. The fourth-order valence-corrected chi connectivity index (χ4v) is 2.92. The molecular formula is C14H17ClN2O. The van der Waals surface area contributed by atoms with Gasteiger partial charge in [0.05, 0.1) is 6.04 Å². The molecule has 3 nitrogen and oxygen atoms in total. The van der Waals surface area contributed by atoms with Crippen LogP contribution >= 0.6 is 11.6 Å². The zero-order chi connectivity index (χ0) is 12.5. The van der Waals surface area contributed by atoms with Crippen LogP contribution in [-0.4, -0.2) is 4.98 Å². The first kappa shape index (κ1) is 12.0. The van der Waals surface area contributed by atoms with Crippen LogP contribution in [0.3, 0.4) is 0 Å². The minimum Gasteiger partial charge on any atom is -0.439 e. The lowest BCUT2D eigenvalue weighted by Crippen LogP contribution is -2.23. The fraction of sp³-hybridized carbons (Fsp3) is 0.500. The van der Waals surface area contributed by atoms with Crippen LogP contribution in [0, 0.1) is 5.92 Å². The van der Waals surface area contributed by atoms with E-state index in [1.54, 1.807) is 0 Å². The van der Waals surface area contributed by atoms with Gasteiger partial charge in [0.25, 0.3) is 0 Å². The second kappa shape index (κ2) is 4.90. The highest BCUT2D eigenvalue weighted by atomic mass is 35.5. The Balaban J connectivity index is 1.88. The van der Waals surface area contributed by atoms with E-state index >= 15 is 0 Å². The number of nitrogens with zero attached hydrogens (tertiary/aromatic N) is 1. The van der Waals surface area contributed by atoms with Crippen molar-refractivity contribution in [1.82, 2.24) is 4.98 Å². The average molecular weight is 265 g/mol. The van der Waals surface area contributed by atoms with Crippen molar-refractivity contribution in [2.45, 2.75) is 38.1 Å². The van der Waals surface area contributed by atoms with Crippen LogP contribution in [0.25, 0.3) is 11.1 Å². The minimum absolute atomic E-state index is 0.0866. The molecule has 1 aromatic carbocycles. The van der Waals surface area contributed by atoms with Crippen LogP contribution in [-0.2, 0) is 0 Å². The summed E-state index contributed by atoms with van der Waals surface area (Å²) in [6.45, 7) is 0. The third-order valence-corrected chi connectivity index (χ3v) is 4.04. The standard InChI is InChI=1S/C14H17ClN2O/c15-10-6-7-12-11(8-10)17-14(18-12)13(16)9-4-2-1-3-5-9/h6-9,13H,1-5,16H2. The van der Waals surface area contributed by atoms with Crippen molar-refractivity contribution in [2.75, 3.05) is 0 Å². The van der Waals surface area contributed by atoms with E-state index in [1.165, 1.54) is 32.1 Å². The fourth-order valence-electron chi connectivity index (χ4n) is 2.76. The highest BCUT2D eigenvalue weighted by Crippen LogP contribution is 2.33. The Hall–Kier alpha value is -1.06. The van der Waals surface area contributed by atoms with E-state index in [0.717, 1.165) is 11.1 Å². The van der Waals surface area contributed by atoms with Crippen molar-refractivity contribution >= 4 is 22.7 Å². The first-order valence-corrected chi connectivity index (χ1v) is 6.93. The Morgan fingerprint density at radius 1 is 1.28 bits per heavy atom. The van der Waals surface area contributed by atoms with Gasteiger partial charge in [-0.1, -0.05) is 30.9 Å². The van der Waals surface area contributed by atoms with E-state index in [9.17, 15) is 0 Å². The van der Waals surface area contributed by atoms with Crippen LogP contribution in [0.5, 0.6) is 0 Å². The van der Waals surface area contributed by atoms with Crippen molar-refractivity contribution in [3.8, 4) is 0 Å². The van der Waals surface area contributed by atoms with Gasteiger partial charge in [-0.3, -0.25) is 0 Å². The first-order chi connectivity index (χ1) is 8.74. The Labute approximate surface area is 111 Å². The summed E-state index contributed by atoms with van der Waals surface area (Å²) in [5.41, 5.74) is 7.84. The summed E-state index contributed by atoms with van der Waals surface area (Å²) in [5, 5.41) is 0.675. The van der Waals surface area contributed by atoms with E-state index in [1.807, 2.05) is 18.2 Å². The molecule has 2 aromatic rings. The summed E-state index contributed by atoms with van der Waals surface area (Å²) < 4.78 is 5.74. The summed E-state index contributed by atoms with van der Waals surface area (Å²) in [7, 11) is 0. The topological polar surface area (TPSA) is 52.0 Å². The zero-order valence-corrected chi connectivity index (χ0v) is 11.0. The lowest BCUT2D eigenvalue weighted by atomic mass is 9.84. The molecule has 1 aliphatic carbocycles. The second-order valence-electron chi connectivity index (χ2n) is 5.09. The predicted octanol–water partition coefficient (Wildman–Crippen LogP) is 4.06. The number of hydrogen-bond donors (Lipinski definition) is 1. The minimum atomic E-state index is -0.0866. The third-order valence-electron chi connectivity index (χ3n) is 3.81. The van der Waals surface area contributed by atoms with Gasteiger partial charge in [-0.25, -0.2) is 4.98 Å². The molecule has 18 heavy (non-hydrogen) atoms. The molecule has 1 heterocycles. The van der Waals surface area contributed by atoms with Gasteiger partial charge in [0.15, 0.2) is 5.58 Å². The summed E-state index contributed by atoms with van der Waals surface area (Å²) in [4.78, 5) is 4.47. The van der Waals surface area contributed by atoms with Crippen LogP contribution in [0.1, 0.15) is 44.0 Å². The quantitative estimate of drug-likeness (QED) is 0.890. The maximum Gasteiger partial charge on any atom is 0.212 e. The van der Waals surface area contributed by atoms with Crippen molar-refractivity contribution in [3.63, 3.8) is 0 Å². The van der Waals surface area contributed by atoms with Gasteiger partial charge in [0.2, 0.25) is 5.89 Å². The molecule has 1 aliphatic rings. The van der Waals surface area contributed by atoms with E-state index in [0.29, 0.717) is 16.8 Å². The first-order valence-electron chi connectivity index (χ1n) is 6.55. The number of rotatable bonds is 2. The number of fused-ring (bicyclic) bond motifs is 1. The van der Waals surface area contributed by atoms with Gasteiger partial charge < -0.3 is 10.2 Å². The van der Waals surface area contributed by atoms with Crippen LogP contribution in [0.4, 0.5) is 0 Å². The predicted molar refractivity (Wildman–Crippen MR) is 72.5 cm³/mol. The molecule has 0 radical (unpaired) electrons. The number of hydrogen-bond acceptors (Lipinski definition) is 3. The summed E-state index contributed by atoms with van der Waals surface area (Å²) in [6, 6.07) is 5.39. The summed E-state index contributed by atoms with van der Waals surface area (Å²) >= 11 is 5.94. The molecule has 0 aliphatic heterocycles. The van der Waals surface area contributed by atoms with E-state index in [2.05, 4.69) is 4.98 Å². The molecule has 0 amide bonds. The number of benzene rings is 1. The average Bonchev–Trinajstić information content (AvgIpc) is 2.81. The Bertz CT molecular complexity index is 546. The van der Waals surface area contributed by atoms with E-state index in [4.69, 9.17) is 21.8 Å². The van der Waals surface area contributed by atoms with E-state index < -0.39 is 0 Å². The van der Waals surface area contributed by atoms with Gasteiger partial charge in [-0.05, 0) is 37.0 Å². The molecule has 1 aromatic heterocycles. The van der Waals surface area contributed by atoms with Crippen molar-refractivity contribution < 1.29 is 4.42 Å². The molecule has 1 atom stereocenters. The maximum atomic E-state index is 6.28. The SMILES string of the molecule is NC(c1nc2cc(Cl)ccc2o1)C1CCCCC1. The molecule has 3 rings (SSSR count). The lowest BCUT2D eigenvalue weighted by molar-refractivity contribution is 0.278. The number of halogens is 1. The monoisotopic (exact) mass is 264 g/mol. The van der Waals surface area contributed by atoms with E-state index in [-0.39, 0.29) is 6.04 Å². The van der Waals surface area contributed by atoms with Gasteiger partial charge in [-0.15, -0.1) is 0 Å². The van der Waals surface area contributed by atoms with Gasteiger partial charge in [0, 0.05) is 5.02 Å². The molecule has 0 saturated heterocycles. The molecule has 0 bridgehead atoms. The van der Waals surface area contributed by atoms with Crippen molar-refractivity contribution in [1.29, 1.82) is 0 Å². The zero-order valence-electron chi connectivity index (χ0n) is 10.2. The summed E-state index contributed by atoms with van der Waals surface area (Å²) in [5.74, 6) is 1.15. The number of nitrogens with two attached hydrogens (primary N) is 1. The molecule has 1 fully saturated rings. The van der Waals surface area contributed by atoms with Gasteiger partial charge in [0.1, 0.15) is 5.52 Å². The number of oxazole rings is 1. The largest absolute Gasteiger partial charge is 0.439 e. The van der Waals surface area contributed by atoms with Crippen LogP contribution in [0.15, 0.2) is 22.6 Å². The number of aromatic nitrogens is 1. The van der Waals surface area contributed by atoms with Gasteiger partial charge >= 0.3 is 0 Å². The molecule has 96 valence electrons. The van der Waals surface area contributed by atoms with Crippen molar-refractivity contribution in [2.24, 2.45) is 11.7 Å². The third kappa shape index (κ3) is 2.25. The molecule has 4 heteroatoms. The van der Waals surface area contributed by atoms with Crippen molar-refractivity contribution in [3.05, 3.63) is 29.1 Å². The smallest absolute Gasteiger partial charge is 0.212 e. The van der Waals surface area contributed by atoms with Gasteiger partial charge in [-0.2, -0.15) is 0 Å². The highest BCUT2D eigenvalue weighted by molar-refractivity contribution is 6.31. The van der Waals surface area contributed by atoms with Crippen LogP contribution in [0.2, 0.25) is 5.02 Å². The van der Waals surface area contributed by atoms with Crippen LogP contribution < -0.4 is 5.73 Å². The molecule has 1 saturated carbocycles. The highest BCUT2D eigenvalue weighted by Gasteiger charge is 2.25. The second-order valence-corrected chi connectivity index (χ2v) is 5.52. The molecule has 2 N–H and O–H groups in total. The molecule has 1 unspecified atom stereocenters. The summed E-state index contributed by atoms with van der Waals surface area (Å²) in [6.07, 6.45) is 6.22. The Kier molecular flexibility index (Phi) is 3.27. The Morgan fingerprint density at radius 3 is 2.83 bits per heavy atom. The Morgan fingerprint density at radius 2 is 2.06 bits per heavy atom.